The summed E-state index contributed by atoms with van der Waals surface area (Å²) >= 11 is 0. The highest BCUT2D eigenvalue weighted by Gasteiger charge is 2.31. The van der Waals surface area contributed by atoms with Crippen molar-refractivity contribution in [1.82, 2.24) is 19.7 Å². The van der Waals surface area contributed by atoms with Crippen molar-refractivity contribution in [3.8, 4) is 0 Å². The number of halogens is 1. The quantitative estimate of drug-likeness (QED) is 0.757. The molecular formula is C20H21FN4O2. The van der Waals surface area contributed by atoms with Crippen LogP contribution < -0.4 is 0 Å². The van der Waals surface area contributed by atoms with Gasteiger partial charge in [-0.25, -0.2) is 4.39 Å². The Balaban J connectivity index is 1.48. The molecule has 0 aliphatic carbocycles. The van der Waals surface area contributed by atoms with E-state index in [1.54, 1.807) is 23.0 Å². The number of nitrogens with one attached hydrogen (secondary N) is 1. The summed E-state index contributed by atoms with van der Waals surface area (Å²) in [5.41, 5.74) is 4.51. The summed E-state index contributed by atoms with van der Waals surface area (Å²) in [5, 5.41) is 5.40. The van der Waals surface area contributed by atoms with E-state index in [2.05, 4.69) is 10.1 Å². The van der Waals surface area contributed by atoms with Crippen LogP contribution in [0, 0.1) is 5.82 Å². The first kappa shape index (κ1) is 16.5. The number of rotatable bonds is 2. The molecular weight excluding hydrogens is 347 g/mol. The number of fused-ring (bicyclic) bond motifs is 3. The molecule has 27 heavy (non-hydrogen) atoms. The highest BCUT2D eigenvalue weighted by Crippen LogP contribution is 2.31. The number of amides is 1. The van der Waals surface area contributed by atoms with Gasteiger partial charge in [0, 0.05) is 67.4 Å². The second-order valence-corrected chi connectivity index (χ2v) is 7.41. The molecule has 7 heteroatoms. The average Bonchev–Trinajstić information content (AvgIpc) is 3.38. The molecule has 1 amide bonds. The van der Waals surface area contributed by atoms with Gasteiger partial charge in [0.25, 0.3) is 5.91 Å². The number of benzene rings is 1. The maximum atomic E-state index is 13.7. The molecule has 0 radical (unpaired) electrons. The first-order valence-corrected chi connectivity index (χ1v) is 9.29. The lowest BCUT2D eigenvalue weighted by molar-refractivity contribution is 0.0733. The number of ether oxygens (including phenoxy) is 1. The van der Waals surface area contributed by atoms with E-state index in [1.807, 2.05) is 11.9 Å². The highest BCUT2D eigenvalue weighted by atomic mass is 19.1. The molecule has 1 aromatic carbocycles. The van der Waals surface area contributed by atoms with Gasteiger partial charge in [0.2, 0.25) is 0 Å². The topological polar surface area (TPSA) is 63.2 Å². The Bertz CT molecular complexity index is 1030. The molecule has 1 fully saturated rings. The number of hydrogen-bond donors (Lipinski definition) is 1. The van der Waals surface area contributed by atoms with Gasteiger partial charge in [-0.1, -0.05) is 0 Å². The molecule has 1 atom stereocenters. The number of carbonyl (C=O) groups is 1. The Labute approximate surface area is 155 Å². The van der Waals surface area contributed by atoms with Gasteiger partial charge in [-0.3, -0.25) is 9.48 Å². The van der Waals surface area contributed by atoms with E-state index in [1.165, 1.54) is 6.07 Å². The lowest BCUT2D eigenvalue weighted by Gasteiger charge is -2.27. The summed E-state index contributed by atoms with van der Waals surface area (Å²) in [5.74, 6) is -0.0994. The third-order valence-electron chi connectivity index (χ3n) is 5.63. The first-order valence-electron chi connectivity index (χ1n) is 9.29. The van der Waals surface area contributed by atoms with E-state index >= 15 is 0 Å². The molecule has 4 heterocycles. The van der Waals surface area contributed by atoms with E-state index in [4.69, 9.17) is 4.74 Å². The van der Waals surface area contributed by atoms with Crippen LogP contribution in [0.2, 0.25) is 0 Å². The van der Waals surface area contributed by atoms with Crippen molar-refractivity contribution in [2.45, 2.75) is 25.3 Å². The third-order valence-corrected chi connectivity index (χ3v) is 5.63. The van der Waals surface area contributed by atoms with E-state index in [-0.39, 0.29) is 17.6 Å². The zero-order chi connectivity index (χ0) is 18.5. The van der Waals surface area contributed by atoms with Crippen molar-refractivity contribution in [1.29, 1.82) is 0 Å². The van der Waals surface area contributed by atoms with Crippen LogP contribution in [0.5, 0.6) is 0 Å². The number of aromatic amines is 1. The van der Waals surface area contributed by atoms with Gasteiger partial charge in [-0.15, -0.1) is 0 Å². The molecule has 0 spiro atoms. The van der Waals surface area contributed by atoms with Gasteiger partial charge < -0.3 is 14.6 Å². The smallest absolute Gasteiger partial charge is 0.257 e. The van der Waals surface area contributed by atoms with Crippen LogP contribution in [0.25, 0.3) is 10.9 Å². The summed E-state index contributed by atoms with van der Waals surface area (Å²) < 4.78 is 20.9. The summed E-state index contributed by atoms with van der Waals surface area (Å²) in [4.78, 5) is 18.5. The fraction of sp³-hybridized carbons (Fsp3) is 0.400. The van der Waals surface area contributed by atoms with Crippen LogP contribution in [-0.2, 0) is 24.8 Å². The Morgan fingerprint density at radius 1 is 1.41 bits per heavy atom. The van der Waals surface area contributed by atoms with Gasteiger partial charge in [0.1, 0.15) is 5.82 Å². The second kappa shape index (κ2) is 6.20. The minimum absolute atomic E-state index is 0.0126. The normalized spacial score (nSPS) is 19.6. The molecule has 5 rings (SSSR count). The van der Waals surface area contributed by atoms with Crippen molar-refractivity contribution >= 4 is 16.8 Å². The fourth-order valence-electron chi connectivity index (χ4n) is 4.25. The van der Waals surface area contributed by atoms with Gasteiger partial charge in [-0.05, 0) is 24.6 Å². The Kier molecular flexibility index (Phi) is 3.79. The van der Waals surface area contributed by atoms with Gasteiger partial charge in [0.05, 0.1) is 17.9 Å². The van der Waals surface area contributed by atoms with Crippen molar-refractivity contribution in [2.75, 3.05) is 19.8 Å². The van der Waals surface area contributed by atoms with Crippen molar-refractivity contribution in [2.24, 2.45) is 7.05 Å². The van der Waals surface area contributed by atoms with Crippen LogP contribution in [0.15, 0.2) is 24.4 Å². The second-order valence-electron chi connectivity index (χ2n) is 7.41. The number of nitrogens with zero attached hydrogens (tertiary/aromatic N) is 3. The molecule has 6 nitrogen and oxygen atoms in total. The molecule has 140 valence electrons. The number of carbonyl (C=O) groups excluding carboxylic acids is 1. The zero-order valence-electron chi connectivity index (χ0n) is 15.2. The van der Waals surface area contributed by atoms with Gasteiger partial charge in [-0.2, -0.15) is 5.10 Å². The number of hydrogen-bond acceptors (Lipinski definition) is 3. The molecule has 2 aliphatic rings. The summed E-state index contributed by atoms with van der Waals surface area (Å²) in [6.07, 6.45) is 3.43. The van der Waals surface area contributed by atoms with Crippen LogP contribution in [0.4, 0.5) is 4.39 Å². The molecule has 3 aromatic rings. The van der Waals surface area contributed by atoms with Crippen LogP contribution >= 0.6 is 0 Å². The van der Waals surface area contributed by atoms with Crippen molar-refractivity contribution < 1.29 is 13.9 Å². The van der Waals surface area contributed by atoms with Gasteiger partial charge >= 0.3 is 0 Å². The molecule has 0 saturated carbocycles. The largest absolute Gasteiger partial charge is 0.381 e. The number of H-pyrrole nitrogens is 1. The van der Waals surface area contributed by atoms with Crippen molar-refractivity contribution in [3.05, 3.63) is 52.7 Å². The van der Waals surface area contributed by atoms with E-state index in [0.717, 1.165) is 40.7 Å². The van der Waals surface area contributed by atoms with Crippen molar-refractivity contribution in [3.63, 3.8) is 0 Å². The SMILES string of the molecule is Cn1cc(C(=O)N2CCc3[nH]c4ccc(F)cc4c3C2)c(C2CCOC2)n1. The molecule has 2 aromatic heterocycles. The minimum atomic E-state index is -0.261. The summed E-state index contributed by atoms with van der Waals surface area (Å²) in [7, 11) is 1.84. The predicted octanol–water partition coefficient (Wildman–Crippen LogP) is 2.74. The Morgan fingerprint density at radius 3 is 3.11 bits per heavy atom. The number of aromatic nitrogens is 3. The Morgan fingerprint density at radius 2 is 2.30 bits per heavy atom. The van der Waals surface area contributed by atoms with Crippen LogP contribution in [-0.4, -0.2) is 45.3 Å². The molecule has 1 N–H and O–H groups in total. The molecule has 0 bridgehead atoms. The van der Waals surface area contributed by atoms with E-state index in [0.29, 0.717) is 31.9 Å². The lowest BCUT2D eigenvalue weighted by Crippen LogP contribution is -2.36. The van der Waals surface area contributed by atoms with E-state index < -0.39 is 0 Å². The first-order chi connectivity index (χ1) is 13.1. The lowest BCUT2D eigenvalue weighted by atomic mass is 9.99. The average molecular weight is 368 g/mol. The molecule has 1 unspecified atom stereocenters. The fourth-order valence-corrected chi connectivity index (χ4v) is 4.25. The van der Waals surface area contributed by atoms with E-state index in [9.17, 15) is 9.18 Å². The standard InChI is InChI=1S/C20H21FN4O2/c1-24-9-16(19(23-24)12-5-7-27-11-12)20(26)25-6-4-18-15(10-25)14-8-13(21)2-3-17(14)22-18/h2-3,8-9,12,22H,4-7,10-11H2,1H3. The Hall–Kier alpha value is -2.67. The van der Waals surface area contributed by atoms with Crippen LogP contribution in [0.3, 0.4) is 0 Å². The maximum Gasteiger partial charge on any atom is 0.257 e. The molecule has 1 saturated heterocycles. The number of aryl methyl sites for hydroxylation is 1. The van der Waals surface area contributed by atoms with Gasteiger partial charge in [0.15, 0.2) is 0 Å². The predicted molar refractivity (Wildman–Crippen MR) is 98.1 cm³/mol. The minimum Gasteiger partial charge on any atom is -0.381 e. The summed E-state index contributed by atoms with van der Waals surface area (Å²) in [6.45, 7) is 2.44. The summed E-state index contributed by atoms with van der Waals surface area (Å²) in [6, 6.07) is 4.76. The van der Waals surface area contributed by atoms with Crippen LogP contribution in [0.1, 0.15) is 39.6 Å². The highest BCUT2D eigenvalue weighted by molar-refractivity contribution is 5.96. The monoisotopic (exact) mass is 368 g/mol. The third kappa shape index (κ3) is 2.73. The zero-order valence-corrected chi connectivity index (χ0v) is 15.2. The molecule has 2 aliphatic heterocycles. The maximum absolute atomic E-state index is 13.7.